The first-order valence-corrected chi connectivity index (χ1v) is 15.6. The molecule has 0 spiro atoms. The highest BCUT2D eigenvalue weighted by Crippen LogP contribution is 2.28. The lowest BCUT2D eigenvalue weighted by Crippen LogP contribution is -2.52. The fourth-order valence-corrected chi connectivity index (χ4v) is 5.72. The van der Waals surface area contributed by atoms with Gasteiger partial charge in [-0.3, -0.25) is 4.90 Å². The molecule has 1 aliphatic heterocycles. The van der Waals surface area contributed by atoms with Crippen molar-refractivity contribution in [2.75, 3.05) is 38.3 Å². The normalized spacial score (nSPS) is 18.2. The van der Waals surface area contributed by atoms with Crippen molar-refractivity contribution in [2.45, 2.75) is 62.7 Å². The van der Waals surface area contributed by atoms with Crippen LogP contribution >= 0.6 is 0 Å². The standard InChI is InChI=1S/C30H36F4N4O3S/c1-20(2)37-13-11-26(25(31)18-37)36-17-21-7-10-28-22(14-21)15-23(38(28)19-30(32,33)34)6-5-12-35-27-9-8-24(42(4,39)40)16-29(27)41-3/h7-10,14-16,20,25-26,35-36H,11-13,17-19H2,1-4H3. The fraction of sp³-hybridized carbons (Fsp3) is 0.467. The van der Waals surface area contributed by atoms with Gasteiger partial charge < -0.3 is 19.9 Å². The van der Waals surface area contributed by atoms with Gasteiger partial charge in [0.25, 0.3) is 0 Å². The number of aromatic nitrogens is 1. The number of nitrogens with zero attached hydrogens (tertiary/aromatic N) is 2. The van der Waals surface area contributed by atoms with Crippen molar-refractivity contribution in [3.05, 3.63) is 53.7 Å². The number of alkyl halides is 4. The molecule has 3 aromatic rings. The van der Waals surface area contributed by atoms with E-state index < -0.39 is 28.7 Å². The van der Waals surface area contributed by atoms with Crippen molar-refractivity contribution < 1.29 is 30.7 Å². The summed E-state index contributed by atoms with van der Waals surface area (Å²) in [5.74, 6) is 5.99. The van der Waals surface area contributed by atoms with E-state index in [0.717, 1.165) is 22.9 Å². The number of halogens is 4. The van der Waals surface area contributed by atoms with E-state index in [1.807, 2.05) is 19.9 Å². The molecule has 0 bridgehead atoms. The van der Waals surface area contributed by atoms with E-state index >= 15 is 0 Å². The number of piperidine rings is 1. The summed E-state index contributed by atoms with van der Waals surface area (Å²) in [5, 5.41) is 6.91. The second-order valence-corrected chi connectivity index (χ2v) is 12.8. The van der Waals surface area contributed by atoms with Crippen LogP contribution in [-0.4, -0.2) is 75.3 Å². The number of benzene rings is 2. The molecular formula is C30H36F4N4O3S. The third-order valence-electron chi connectivity index (χ3n) is 7.36. The van der Waals surface area contributed by atoms with Crippen LogP contribution in [0.1, 0.15) is 31.5 Å². The molecule has 7 nitrogen and oxygen atoms in total. The zero-order valence-corrected chi connectivity index (χ0v) is 24.9. The third kappa shape index (κ3) is 7.96. The highest BCUT2D eigenvalue weighted by Gasteiger charge is 2.31. The Kier molecular flexibility index (Phi) is 9.75. The minimum absolute atomic E-state index is 0.0807. The molecular weight excluding hydrogens is 572 g/mol. The summed E-state index contributed by atoms with van der Waals surface area (Å²) in [5.41, 5.74) is 1.95. The predicted octanol–water partition coefficient (Wildman–Crippen LogP) is 4.99. The molecule has 2 atom stereocenters. The first kappa shape index (κ1) is 31.7. The van der Waals surface area contributed by atoms with Gasteiger partial charge in [-0.25, -0.2) is 12.8 Å². The summed E-state index contributed by atoms with van der Waals surface area (Å²) in [7, 11) is -2.01. The Morgan fingerprint density at radius 3 is 2.55 bits per heavy atom. The van der Waals surface area contributed by atoms with E-state index in [-0.39, 0.29) is 29.2 Å². The maximum absolute atomic E-state index is 14.7. The van der Waals surface area contributed by atoms with Gasteiger partial charge in [0.05, 0.1) is 29.9 Å². The average Bonchev–Trinajstić information content (AvgIpc) is 3.24. The van der Waals surface area contributed by atoms with E-state index in [1.165, 1.54) is 19.2 Å². The molecule has 1 aromatic heterocycles. The number of methoxy groups -OCH3 is 1. The smallest absolute Gasteiger partial charge is 0.406 e. The highest BCUT2D eigenvalue weighted by molar-refractivity contribution is 7.90. The van der Waals surface area contributed by atoms with Gasteiger partial charge in [0, 0.05) is 54.9 Å². The number of anilines is 1. The van der Waals surface area contributed by atoms with Gasteiger partial charge in [0.2, 0.25) is 0 Å². The lowest BCUT2D eigenvalue weighted by atomic mass is 10.0. The summed E-state index contributed by atoms with van der Waals surface area (Å²) < 4.78 is 85.2. The van der Waals surface area contributed by atoms with Crippen LogP contribution in [0.4, 0.5) is 23.2 Å². The molecule has 0 amide bonds. The van der Waals surface area contributed by atoms with Crippen molar-refractivity contribution in [2.24, 2.45) is 0 Å². The van der Waals surface area contributed by atoms with E-state index in [2.05, 4.69) is 27.4 Å². The lowest BCUT2D eigenvalue weighted by Gasteiger charge is -2.37. The number of hydrogen-bond acceptors (Lipinski definition) is 6. The molecule has 1 saturated heterocycles. The summed E-state index contributed by atoms with van der Waals surface area (Å²) in [6.07, 6.45) is -3.66. The Morgan fingerprint density at radius 1 is 1.14 bits per heavy atom. The summed E-state index contributed by atoms with van der Waals surface area (Å²) in [6, 6.07) is 11.2. The largest absolute Gasteiger partial charge is 0.495 e. The number of likely N-dealkylation sites (tertiary alicyclic amines) is 1. The molecule has 12 heteroatoms. The summed E-state index contributed by atoms with van der Waals surface area (Å²) in [4.78, 5) is 2.21. The van der Waals surface area contributed by atoms with E-state index in [9.17, 15) is 26.0 Å². The van der Waals surface area contributed by atoms with E-state index in [1.54, 1.807) is 24.3 Å². The zero-order chi connectivity index (χ0) is 30.7. The molecule has 2 unspecified atom stereocenters. The van der Waals surface area contributed by atoms with Crippen molar-refractivity contribution in [3.8, 4) is 17.6 Å². The molecule has 0 aliphatic carbocycles. The van der Waals surface area contributed by atoms with Gasteiger partial charge in [0.1, 0.15) is 18.5 Å². The van der Waals surface area contributed by atoms with Crippen LogP contribution in [-0.2, 0) is 22.9 Å². The molecule has 1 aliphatic rings. The second-order valence-electron chi connectivity index (χ2n) is 10.8. The molecule has 0 radical (unpaired) electrons. The molecule has 1 fully saturated rings. The molecule has 2 N–H and O–H groups in total. The highest BCUT2D eigenvalue weighted by atomic mass is 32.2. The fourth-order valence-electron chi connectivity index (χ4n) is 5.08. The minimum atomic E-state index is -4.45. The number of hydrogen-bond donors (Lipinski definition) is 2. The first-order valence-electron chi connectivity index (χ1n) is 13.7. The Bertz CT molecular complexity index is 1570. The molecule has 2 heterocycles. The van der Waals surface area contributed by atoms with Crippen LogP contribution in [0, 0.1) is 11.8 Å². The van der Waals surface area contributed by atoms with Gasteiger partial charge in [0.15, 0.2) is 9.84 Å². The number of nitrogens with one attached hydrogen (secondary N) is 2. The van der Waals surface area contributed by atoms with Crippen molar-refractivity contribution in [1.82, 2.24) is 14.8 Å². The quantitative estimate of drug-likeness (QED) is 0.264. The maximum Gasteiger partial charge on any atom is 0.406 e. The minimum Gasteiger partial charge on any atom is -0.495 e. The predicted molar refractivity (Wildman–Crippen MR) is 156 cm³/mol. The Balaban J connectivity index is 1.50. The van der Waals surface area contributed by atoms with Gasteiger partial charge >= 0.3 is 6.18 Å². The topological polar surface area (TPSA) is 75.6 Å². The maximum atomic E-state index is 14.7. The molecule has 0 saturated carbocycles. The number of fused-ring (bicyclic) bond motifs is 1. The van der Waals surface area contributed by atoms with Gasteiger partial charge in [-0.2, -0.15) is 13.2 Å². The monoisotopic (exact) mass is 608 g/mol. The number of rotatable bonds is 9. The average molecular weight is 609 g/mol. The first-order chi connectivity index (χ1) is 19.7. The Morgan fingerprint density at radius 2 is 1.90 bits per heavy atom. The molecule has 4 rings (SSSR count). The van der Waals surface area contributed by atoms with Crippen LogP contribution < -0.4 is 15.4 Å². The van der Waals surface area contributed by atoms with Gasteiger partial charge in [-0.15, -0.1) is 0 Å². The van der Waals surface area contributed by atoms with E-state index in [0.29, 0.717) is 41.9 Å². The van der Waals surface area contributed by atoms with Crippen molar-refractivity contribution in [1.29, 1.82) is 0 Å². The molecule has 42 heavy (non-hydrogen) atoms. The SMILES string of the molecule is COc1cc(S(C)(=O)=O)ccc1NCC#Cc1cc2cc(CNC3CCN(C(C)C)CC3F)ccc2n1CC(F)(F)F. The molecule has 2 aromatic carbocycles. The summed E-state index contributed by atoms with van der Waals surface area (Å²) >= 11 is 0. The van der Waals surface area contributed by atoms with Crippen LogP contribution in [0.2, 0.25) is 0 Å². The van der Waals surface area contributed by atoms with Crippen LogP contribution in [0.3, 0.4) is 0 Å². The van der Waals surface area contributed by atoms with Crippen molar-refractivity contribution in [3.63, 3.8) is 0 Å². The van der Waals surface area contributed by atoms with Crippen LogP contribution in [0.5, 0.6) is 5.75 Å². The Labute approximate surface area is 244 Å². The third-order valence-corrected chi connectivity index (χ3v) is 8.47. The van der Waals surface area contributed by atoms with Crippen molar-refractivity contribution >= 4 is 26.4 Å². The summed E-state index contributed by atoms with van der Waals surface area (Å²) in [6.45, 7) is 4.58. The van der Waals surface area contributed by atoms with Crippen LogP contribution in [0.15, 0.2) is 47.4 Å². The second kappa shape index (κ2) is 12.9. The number of sulfone groups is 1. The van der Waals surface area contributed by atoms with Gasteiger partial charge in [-0.1, -0.05) is 12.0 Å². The molecule has 228 valence electrons. The van der Waals surface area contributed by atoms with Gasteiger partial charge in [-0.05, 0) is 62.1 Å². The zero-order valence-electron chi connectivity index (χ0n) is 24.1. The Hall–Kier alpha value is -3.27. The van der Waals surface area contributed by atoms with Crippen LogP contribution in [0.25, 0.3) is 10.9 Å². The number of ether oxygens (including phenoxy) is 1. The van der Waals surface area contributed by atoms with E-state index in [4.69, 9.17) is 4.74 Å². The lowest BCUT2D eigenvalue weighted by molar-refractivity contribution is -0.140.